The smallest absolute Gasteiger partial charge is 0.253 e. The SMILES string of the molecule is O=C(c1ccc(-c2n[nH]c(C3CC3)n2)cc1)N1CC[C@]2(CCOC2)C1. The lowest BCUT2D eigenvalue weighted by atomic mass is 9.87. The van der Waals surface area contributed by atoms with Gasteiger partial charge in [-0.15, -0.1) is 0 Å². The van der Waals surface area contributed by atoms with E-state index in [1.165, 1.54) is 12.8 Å². The van der Waals surface area contributed by atoms with Gasteiger partial charge in [0.2, 0.25) is 0 Å². The second-order valence-electron chi connectivity index (χ2n) is 7.68. The van der Waals surface area contributed by atoms with Crippen LogP contribution < -0.4 is 0 Å². The third-order valence-corrected chi connectivity index (χ3v) is 5.77. The maximum atomic E-state index is 12.8. The summed E-state index contributed by atoms with van der Waals surface area (Å²) in [5.74, 6) is 2.37. The number of nitrogens with zero attached hydrogens (tertiary/aromatic N) is 3. The summed E-state index contributed by atoms with van der Waals surface area (Å²) in [6, 6.07) is 7.66. The molecule has 3 fully saturated rings. The van der Waals surface area contributed by atoms with E-state index < -0.39 is 0 Å². The number of aromatic nitrogens is 3. The van der Waals surface area contributed by atoms with E-state index >= 15 is 0 Å². The number of ether oxygens (including phenoxy) is 1. The lowest BCUT2D eigenvalue weighted by molar-refractivity contribution is 0.0765. The molecule has 2 aromatic rings. The van der Waals surface area contributed by atoms with Crippen LogP contribution in [0.15, 0.2) is 24.3 Å². The minimum atomic E-state index is 0.115. The van der Waals surface area contributed by atoms with E-state index in [1.807, 2.05) is 29.2 Å². The van der Waals surface area contributed by atoms with Crippen LogP contribution in [0.3, 0.4) is 0 Å². The molecule has 1 amide bonds. The van der Waals surface area contributed by atoms with Crippen molar-refractivity contribution in [3.8, 4) is 11.4 Å². The summed E-state index contributed by atoms with van der Waals surface area (Å²) in [6.07, 6.45) is 4.52. The molecule has 5 rings (SSSR count). The summed E-state index contributed by atoms with van der Waals surface area (Å²) in [5, 5.41) is 7.33. The fourth-order valence-electron chi connectivity index (χ4n) is 3.97. The van der Waals surface area contributed by atoms with E-state index in [-0.39, 0.29) is 11.3 Å². The Balaban J connectivity index is 1.30. The van der Waals surface area contributed by atoms with Crippen LogP contribution in [0.1, 0.15) is 47.8 Å². The lowest BCUT2D eigenvalue weighted by Crippen LogP contribution is -2.32. The molecule has 2 aliphatic heterocycles. The molecule has 6 nitrogen and oxygen atoms in total. The fraction of sp³-hybridized carbons (Fsp3) is 0.526. The van der Waals surface area contributed by atoms with Gasteiger partial charge in [-0.3, -0.25) is 9.89 Å². The van der Waals surface area contributed by atoms with Crippen molar-refractivity contribution in [2.45, 2.75) is 31.6 Å². The summed E-state index contributed by atoms with van der Waals surface area (Å²) in [6.45, 7) is 3.27. The summed E-state index contributed by atoms with van der Waals surface area (Å²) < 4.78 is 5.55. The Morgan fingerprint density at radius 3 is 2.80 bits per heavy atom. The summed E-state index contributed by atoms with van der Waals surface area (Å²) >= 11 is 0. The van der Waals surface area contributed by atoms with Gasteiger partial charge in [0, 0.05) is 42.2 Å². The fourth-order valence-corrected chi connectivity index (χ4v) is 3.97. The predicted molar refractivity (Wildman–Crippen MR) is 92.2 cm³/mol. The van der Waals surface area contributed by atoms with Crippen LogP contribution in [0.4, 0.5) is 0 Å². The van der Waals surface area contributed by atoms with Crippen molar-refractivity contribution in [1.82, 2.24) is 20.1 Å². The first kappa shape index (κ1) is 15.1. The zero-order valence-electron chi connectivity index (χ0n) is 14.2. The number of H-pyrrole nitrogens is 1. The standard InChI is InChI=1S/C19H22N4O2/c24-18(23-9-7-19(11-23)8-10-25-12-19)15-5-3-14(4-6-15)17-20-16(21-22-17)13-1-2-13/h3-6,13H,1-2,7-12H2,(H,20,21,22)/t19-/m0/s1. The molecule has 1 aromatic carbocycles. The first-order valence-corrected chi connectivity index (χ1v) is 9.12. The van der Waals surface area contributed by atoms with Gasteiger partial charge in [-0.2, -0.15) is 5.10 Å². The Kier molecular flexibility index (Phi) is 3.41. The number of carbonyl (C=O) groups excluding carboxylic acids is 1. The molecule has 1 aliphatic carbocycles. The maximum Gasteiger partial charge on any atom is 0.253 e. The zero-order chi connectivity index (χ0) is 16.9. The van der Waals surface area contributed by atoms with E-state index in [0.29, 0.717) is 11.7 Å². The molecule has 1 N–H and O–H groups in total. The molecule has 1 aromatic heterocycles. The van der Waals surface area contributed by atoms with Crippen LogP contribution >= 0.6 is 0 Å². The largest absolute Gasteiger partial charge is 0.381 e. The number of amides is 1. The average molecular weight is 338 g/mol. The average Bonchev–Trinajstić information content (AvgIpc) is 3.07. The second kappa shape index (κ2) is 5.66. The Morgan fingerprint density at radius 1 is 1.24 bits per heavy atom. The normalized spacial score (nSPS) is 25.8. The highest BCUT2D eigenvalue weighted by molar-refractivity contribution is 5.94. The van der Waals surface area contributed by atoms with Gasteiger partial charge in [0.1, 0.15) is 5.82 Å². The number of rotatable bonds is 3. The third-order valence-electron chi connectivity index (χ3n) is 5.77. The summed E-state index contributed by atoms with van der Waals surface area (Å²) in [7, 11) is 0. The first-order valence-electron chi connectivity index (χ1n) is 9.12. The minimum Gasteiger partial charge on any atom is -0.381 e. The number of carbonyl (C=O) groups is 1. The molecule has 1 spiro atoms. The van der Waals surface area contributed by atoms with Gasteiger partial charge in [-0.25, -0.2) is 4.98 Å². The highest BCUT2D eigenvalue weighted by Crippen LogP contribution is 2.39. The van der Waals surface area contributed by atoms with Crippen molar-refractivity contribution in [3.05, 3.63) is 35.7 Å². The number of benzene rings is 1. The molecule has 0 bridgehead atoms. The Hall–Kier alpha value is -2.21. The van der Waals surface area contributed by atoms with E-state index in [1.54, 1.807) is 0 Å². The highest BCUT2D eigenvalue weighted by Gasteiger charge is 2.42. The molecule has 1 saturated carbocycles. The van der Waals surface area contributed by atoms with Gasteiger partial charge in [-0.1, -0.05) is 12.1 Å². The topological polar surface area (TPSA) is 71.1 Å². The molecule has 3 aliphatic rings. The van der Waals surface area contributed by atoms with Crippen molar-refractivity contribution in [1.29, 1.82) is 0 Å². The van der Waals surface area contributed by atoms with Crippen molar-refractivity contribution in [2.24, 2.45) is 5.41 Å². The van der Waals surface area contributed by atoms with E-state index in [0.717, 1.165) is 56.1 Å². The van der Waals surface area contributed by atoms with Crippen LogP contribution in [0.2, 0.25) is 0 Å². The first-order chi connectivity index (χ1) is 12.2. The number of hydrogen-bond acceptors (Lipinski definition) is 4. The van der Waals surface area contributed by atoms with Gasteiger partial charge in [0.05, 0.1) is 6.61 Å². The maximum absolute atomic E-state index is 12.8. The number of likely N-dealkylation sites (tertiary alicyclic amines) is 1. The monoisotopic (exact) mass is 338 g/mol. The quantitative estimate of drug-likeness (QED) is 0.934. The second-order valence-corrected chi connectivity index (χ2v) is 7.68. The van der Waals surface area contributed by atoms with Crippen molar-refractivity contribution >= 4 is 5.91 Å². The molecule has 130 valence electrons. The molecule has 25 heavy (non-hydrogen) atoms. The van der Waals surface area contributed by atoms with Crippen LogP contribution in [-0.4, -0.2) is 52.3 Å². The number of hydrogen-bond donors (Lipinski definition) is 1. The Labute approximate surface area is 146 Å². The van der Waals surface area contributed by atoms with Crippen molar-refractivity contribution < 1.29 is 9.53 Å². The number of nitrogens with one attached hydrogen (secondary N) is 1. The molecular weight excluding hydrogens is 316 g/mol. The zero-order valence-corrected chi connectivity index (χ0v) is 14.2. The minimum absolute atomic E-state index is 0.115. The van der Waals surface area contributed by atoms with Crippen molar-refractivity contribution in [2.75, 3.05) is 26.3 Å². The van der Waals surface area contributed by atoms with E-state index in [4.69, 9.17) is 4.74 Å². The molecule has 0 radical (unpaired) electrons. The van der Waals surface area contributed by atoms with Gasteiger partial charge in [-0.05, 0) is 37.8 Å². The third kappa shape index (κ3) is 2.74. The van der Waals surface area contributed by atoms with Crippen LogP contribution in [0, 0.1) is 5.41 Å². The summed E-state index contributed by atoms with van der Waals surface area (Å²) in [4.78, 5) is 19.3. The van der Waals surface area contributed by atoms with Gasteiger partial charge in [0.15, 0.2) is 5.82 Å². The highest BCUT2D eigenvalue weighted by atomic mass is 16.5. The van der Waals surface area contributed by atoms with Crippen LogP contribution in [0.25, 0.3) is 11.4 Å². The van der Waals surface area contributed by atoms with Crippen LogP contribution in [-0.2, 0) is 4.74 Å². The van der Waals surface area contributed by atoms with Gasteiger partial charge < -0.3 is 9.64 Å². The summed E-state index contributed by atoms with van der Waals surface area (Å²) in [5.41, 5.74) is 1.88. The molecule has 0 unspecified atom stereocenters. The van der Waals surface area contributed by atoms with Gasteiger partial charge in [0.25, 0.3) is 5.91 Å². The Morgan fingerprint density at radius 2 is 2.08 bits per heavy atom. The molecule has 2 saturated heterocycles. The Bertz CT molecular complexity index is 788. The van der Waals surface area contributed by atoms with Crippen LogP contribution in [0.5, 0.6) is 0 Å². The molecule has 1 atom stereocenters. The molecule has 3 heterocycles. The molecule has 6 heteroatoms. The van der Waals surface area contributed by atoms with E-state index in [2.05, 4.69) is 15.2 Å². The number of aromatic amines is 1. The predicted octanol–water partition coefficient (Wildman–Crippen LogP) is 2.60. The molecular formula is C19H22N4O2. The van der Waals surface area contributed by atoms with Crippen molar-refractivity contribution in [3.63, 3.8) is 0 Å². The van der Waals surface area contributed by atoms with Gasteiger partial charge >= 0.3 is 0 Å². The van der Waals surface area contributed by atoms with E-state index in [9.17, 15) is 4.79 Å². The lowest BCUT2D eigenvalue weighted by Gasteiger charge is -2.22.